The number of hydrogen-bond acceptors (Lipinski definition) is 6. The molecule has 0 saturated carbocycles. The lowest BCUT2D eigenvalue weighted by molar-refractivity contribution is -0.132. The Balaban J connectivity index is 1.12. The fraction of sp³-hybridized carbons (Fsp3) is 0.333. The van der Waals surface area contributed by atoms with Crippen LogP contribution in [0.4, 0.5) is 5.69 Å². The molecule has 0 spiro atoms. The summed E-state index contributed by atoms with van der Waals surface area (Å²) in [6, 6.07) is 9.44. The minimum atomic E-state index is -0.648. The molecule has 2 aliphatic heterocycles. The van der Waals surface area contributed by atoms with Crippen LogP contribution in [0.25, 0.3) is 22.2 Å². The van der Waals surface area contributed by atoms with Crippen LogP contribution in [-0.4, -0.2) is 76.6 Å². The van der Waals surface area contributed by atoms with Crippen LogP contribution >= 0.6 is 0 Å². The van der Waals surface area contributed by atoms with Crippen LogP contribution in [0.1, 0.15) is 25.7 Å². The minimum Gasteiger partial charge on any atom is -0.481 e. The molecule has 2 N–H and O–H groups in total. The molecule has 9 heteroatoms. The number of ether oxygens (including phenoxy) is 1. The van der Waals surface area contributed by atoms with Crippen LogP contribution in [0.2, 0.25) is 0 Å². The number of likely N-dealkylation sites (tertiary alicyclic amines) is 1. The first kappa shape index (κ1) is 27.7. The van der Waals surface area contributed by atoms with Gasteiger partial charge in [0.25, 0.3) is 0 Å². The van der Waals surface area contributed by atoms with Crippen molar-refractivity contribution in [3.05, 3.63) is 84.6 Å². The zero-order chi connectivity index (χ0) is 29.1. The largest absolute Gasteiger partial charge is 0.481 e. The smallest absolute Gasteiger partial charge is 0.237 e. The number of carbonyl (C=O) groups is 2. The second kappa shape index (κ2) is 11.8. The number of amides is 2. The van der Waals surface area contributed by atoms with Crippen LogP contribution in [-0.2, 0) is 9.59 Å². The Morgan fingerprint density at radius 1 is 1.21 bits per heavy atom. The maximum absolute atomic E-state index is 13.8. The Labute approximate surface area is 245 Å². The van der Waals surface area contributed by atoms with Gasteiger partial charge in [0.05, 0.1) is 24.6 Å². The van der Waals surface area contributed by atoms with E-state index in [1.807, 2.05) is 41.3 Å². The predicted octanol–water partition coefficient (Wildman–Crippen LogP) is 4.89. The van der Waals surface area contributed by atoms with E-state index in [0.29, 0.717) is 50.6 Å². The molecule has 42 heavy (non-hydrogen) atoms. The van der Waals surface area contributed by atoms with E-state index in [1.165, 1.54) is 11.1 Å². The highest BCUT2D eigenvalue weighted by Crippen LogP contribution is 2.37. The molecule has 0 bridgehead atoms. The van der Waals surface area contributed by atoms with Crippen LogP contribution in [0, 0.1) is 5.41 Å². The standard InChI is InChI=1S/C33H36N6O3/c1-3-13-33(14-18-38(22-33)21-30(40)39-16-11-24(12-17-39)23-6-4-5-7-23)32(41)35-26-8-9-28-27(20-26)31(37-36-28)25-10-15-34-29(19-25)42-2/h3-4,6-11,15,19-20H,1,5,12-14,16-18,21-22H2,2H3,(H,35,41)(H,36,37). The molecule has 4 heterocycles. The van der Waals surface area contributed by atoms with Crippen molar-refractivity contribution >= 4 is 28.4 Å². The highest BCUT2D eigenvalue weighted by atomic mass is 16.5. The summed E-state index contributed by atoms with van der Waals surface area (Å²) in [5.41, 5.74) is 5.15. The van der Waals surface area contributed by atoms with E-state index in [2.05, 4.69) is 56.3 Å². The average Bonchev–Trinajstić information content (AvgIpc) is 3.78. The molecule has 1 unspecified atom stereocenters. The van der Waals surface area contributed by atoms with Crippen molar-refractivity contribution in [1.82, 2.24) is 25.0 Å². The third-order valence-corrected chi connectivity index (χ3v) is 8.55. The van der Waals surface area contributed by atoms with Crippen LogP contribution < -0.4 is 10.1 Å². The summed E-state index contributed by atoms with van der Waals surface area (Å²) in [6.45, 7) is 6.82. The lowest BCUT2D eigenvalue weighted by Crippen LogP contribution is -2.43. The third kappa shape index (κ3) is 5.52. The summed E-state index contributed by atoms with van der Waals surface area (Å²) in [5, 5.41) is 11.6. The van der Waals surface area contributed by atoms with Crippen molar-refractivity contribution < 1.29 is 14.3 Å². The number of hydrogen-bond donors (Lipinski definition) is 2. The van der Waals surface area contributed by atoms with Crippen LogP contribution in [0.5, 0.6) is 5.88 Å². The number of aromatic nitrogens is 3. The predicted molar refractivity (Wildman–Crippen MR) is 164 cm³/mol. The zero-order valence-corrected chi connectivity index (χ0v) is 23.9. The first-order valence-corrected chi connectivity index (χ1v) is 14.5. The molecular formula is C33H36N6O3. The average molecular weight is 565 g/mol. The fourth-order valence-corrected chi connectivity index (χ4v) is 6.20. The summed E-state index contributed by atoms with van der Waals surface area (Å²) in [4.78, 5) is 35.2. The van der Waals surface area contributed by atoms with Crippen molar-refractivity contribution in [3.8, 4) is 17.1 Å². The molecule has 2 amide bonds. The first-order valence-electron chi connectivity index (χ1n) is 14.5. The number of allylic oxidation sites excluding steroid dienone is 5. The topological polar surface area (TPSA) is 103 Å². The van der Waals surface area contributed by atoms with Crippen molar-refractivity contribution in [2.24, 2.45) is 5.41 Å². The van der Waals surface area contributed by atoms with E-state index >= 15 is 0 Å². The van der Waals surface area contributed by atoms with Crippen molar-refractivity contribution in [2.45, 2.75) is 25.7 Å². The Morgan fingerprint density at radius 3 is 2.88 bits per heavy atom. The van der Waals surface area contributed by atoms with Gasteiger partial charge >= 0.3 is 0 Å². The van der Waals surface area contributed by atoms with Crippen molar-refractivity contribution in [2.75, 3.05) is 45.2 Å². The SMILES string of the molecule is C=CCC1(C(=O)Nc2ccc3[nH]nc(-c4ccnc(OC)c4)c3c2)CCN(CC(=O)N2CC=C(C3=CCC=C3)CC2)C1. The lowest BCUT2D eigenvalue weighted by Gasteiger charge is -2.30. The molecule has 9 nitrogen and oxygen atoms in total. The van der Waals surface area contributed by atoms with Gasteiger partial charge in [0.2, 0.25) is 17.7 Å². The number of methoxy groups -OCH3 is 1. The maximum atomic E-state index is 13.8. The summed E-state index contributed by atoms with van der Waals surface area (Å²) >= 11 is 0. The fourth-order valence-electron chi connectivity index (χ4n) is 6.20. The molecular weight excluding hydrogens is 528 g/mol. The van der Waals surface area contributed by atoms with Crippen molar-refractivity contribution in [3.63, 3.8) is 0 Å². The molecule has 1 atom stereocenters. The number of anilines is 1. The molecule has 3 aromatic rings. The van der Waals surface area contributed by atoms with Gasteiger partial charge in [-0.1, -0.05) is 30.4 Å². The van der Waals surface area contributed by atoms with Crippen molar-refractivity contribution in [1.29, 1.82) is 0 Å². The number of aromatic amines is 1. The number of nitrogens with zero attached hydrogens (tertiary/aromatic N) is 4. The first-order chi connectivity index (χ1) is 20.5. The van der Waals surface area contributed by atoms with Gasteiger partial charge in [0, 0.05) is 48.5 Å². The second-order valence-electron chi connectivity index (χ2n) is 11.2. The van der Waals surface area contributed by atoms with E-state index in [0.717, 1.165) is 41.5 Å². The number of pyridine rings is 1. The maximum Gasteiger partial charge on any atom is 0.237 e. The monoisotopic (exact) mass is 564 g/mol. The van der Waals surface area contributed by atoms with E-state index in [1.54, 1.807) is 13.3 Å². The van der Waals surface area contributed by atoms with Gasteiger partial charge in [-0.2, -0.15) is 5.10 Å². The van der Waals surface area contributed by atoms with Gasteiger partial charge in [0.1, 0.15) is 5.69 Å². The number of fused-ring (bicyclic) bond motifs is 1. The normalized spacial score (nSPS) is 20.5. The van der Waals surface area contributed by atoms with Crippen LogP contribution in [0.15, 0.2) is 84.6 Å². The molecule has 1 saturated heterocycles. The number of nitrogens with one attached hydrogen (secondary N) is 2. The van der Waals surface area contributed by atoms with E-state index in [4.69, 9.17) is 4.74 Å². The van der Waals surface area contributed by atoms with Gasteiger partial charge in [-0.25, -0.2) is 4.98 Å². The second-order valence-corrected chi connectivity index (χ2v) is 11.2. The molecule has 0 radical (unpaired) electrons. The zero-order valence-electron chi connectivity index (χ0n) is 23.9. The van der Waals surface area contributed by atoms with Gasteiger partial charge < -0.3 is 15.0 Å². The van der Waals surface area contributed by atoms with Gasteiger partial charge in [-0.05, 0) is 67.6 Å². The number of rotatable bonds is 9. The highest BCUT2D eigenvalue weighted by Gasteiger charge is 2.44. The highest BCUT2D eigenvalue weighted by molar-refractivity contribution is 6.00. The molecule has 1 aliphatic carbocycles. The third-order valence-electron chi connectivity index (χ3n) is 8.55. The summed E-state index contributed by atoms with van der Waals surface area (Å²) < 4.78 is 5.27. The lowest BCUT2D eigenvalue weighted by atomic mass is 9.82. The number of carbonyl (C=O) groups excluding carboxylic acids is 2. The van der Waals surface area contributed by atoms with E-state index in [-0.39, 0.29) is 11.8 Å². The quantitative estimate of drug-likeness (QED) is 0.359. The van der Waals surface area contributed by atoms with Crippen LogP contribution in [0.3, 0.4) is 0 Å². The molecule has 6 rings (SSSR count). The van der Waals surface area contributed by atoms with E-state index < -0.39 is 5.41 Å². The van der Waals surface area contributed by atoms with Gasteiger partial charge in [0.15, 0.2) is 0 Å². The summed E-state index contributed by atoms with van der Waals surface area (Å²) in [7, 11) is 1.58. The minimum absolute atomic E-state index is 0.0595. The van der Waals surface area contributed by atoms with E-state index in [9.17, 15) is 9.59 Å². The number of H-pyrrole nitrogens is 1. The molecule has 3 aliphatic rings. The summed E-state index contributed by atoms with van der Waals surface area (Å²) in [5.74, 6) is 0.557. The Hall–Kier alpha value is -4.50. The molecule has 216 valence electrons. The number of benzene rings is 1. The van der Waals surface area contributed by atoms with Gasteiger partial charge in [-0.3, -0.25) is 19.6 Å². The Morgan fingerprint density at radius 2 is 2.12 bits per heavy atom. The summed E-state index contributed by atoms with van der Waals surface area (Å²) in [6.07, 6.45) is 15.3. The Bertz CT molecular complexity index is 1620. The Kier molecular flexibility index (Phi) is 7.75. The molecule has 1 aromatic carbocycles. The molecule has 2 aromatic heterocycles. The van der Waals surface area contributed by atoms with Gasteiger partial charge in [-0.15, -0.1) is 6.58 Å². The molecule has 1 fully saturated rings.